The fourth-order valence-electron chi connectivity index (χ4n) is 6.25. The molecule has 0 radical (unpaired) electrons. The van der Waals surface area contributed by atoms with E-state index in [2.05, 4.69) is 5.32 Å². The van der Waals surface area contributed by atoms with Crippen molar-refractivity contribution in [2.75, 3.05) is 10.8 Å². The average molecular weight is 652 g/mol. The molecule has 8 heteroatoms. The summed E-state index contributed by atoms with van der Waals surface area (Å²) in [5.74, 6) is -0.676. The number of anilines is 1. The van der Waals surface area contributed by atoms with Gasteiger partial charge in [0.05, 0.1) is 10.6 Å². The van der Waals surface area contributed by atoms with E-state index in [-0.39, 0.29) is 23.4 Å². The quantitative estimate of drug-likeness (QED) is 0.182. The highest BCUT2D eigenvalue weighted by atomic mass is 32.2. The molecule has 5 rings (SSSR count). The number of sulfonamides is 1. The Hall–Kier alpha value is -4.43. The molecule has 0 bridgehead atoms. The van der Waals surface area contributed by atoms with E-state index in [1.807, 2.05) is 94.4 Å². The summed E-state index contributed by atoms with van der Waals surface area (Å²) in [5.41, 5.74) is 5.93. The van der Waals surface area contributed by atoms with Crippen LogP contribution in [-0.2, 0) is 32.6 Å². The number of hydrogen-bond acceptors (Lipinski definition) is 4. The molecule has 2 amide bonds. The van der Waals surface area contributed by atoms with Gasteiger partial charge in [-0.1, -0.05) is 108 Å². The first-order valence-corrected chi connectivity index (χ1v) is 17.8. The first-order valence-electron chi connectivity index (χ1n) is 16.4. The molecular formula is C39H45N3O4S. The number of benzene rings is 4. The van der Waals surface area contributed by atoms with Crippen molar-refractivity contribution in [3.63, 3.8) is 0 Å². The molecule has 1 atom stereocenters. The molecule has 1 saturated carbocycles. The summed E-state index contributed by atoms with van der Waals surface area (Å²) in [6, 6.07) is 28.9. The Balaban J connectivity index is 1.58. The molecule has 0 heterocycles. The van der Waals surface area contributed by atoms with Crippen LogP contribution in [0.3, 0.4) is 0 Å². The minimum Gasteiger partial charge on any atom is -0.352 e. The smallest absolute Gasteiger partial charge is 0.264 e. The lowest BCUT2D eigenvalue weighted by atomic mass is 10.0. The number of rotatable bonds is 12. The zero-order valence-corrected chi connectivity index (χ0v) is 28.6. The van der Waals surface area contributed by atoms with E-state index in [9.17, 15) is 18.0 Å². The molecule has 4 aromatic carbocycles. The van der Waals surface area contributed by atoms with Gasteiger partial charge in [-0.2, -0.15) is 0 Å². The SMILES string of the molecule is Cc1ccc(CN(C(=O)CN(c2ccc(C)cc2C)S(=O)(=O)c2ccc(C)cc2)[C@H](Cc2ccccc2)C(=O)NC2CCCC2)cc1. The van der Waals surface area contributed by atoms with E-state index in [0.29, 0.717) is 12.1 Å². The average Bonchev–Trinajstić information content (AvgIpc) is 3.56. The zero-order valence-electron chi connectivity index (χ0n) is 27.8. The third-order valence-electron chi connectivity index (χ3n) is 8.96. The lowest BCUT2D eigenvalue weighted by molar-refractivity contribution is -0.140. The molecule has 0 spiro atoms. The predicted octanol–water partition coefficient (Wildman–Crippen LogP) is 6.81. The number of nitrogens with zero attached hydrogens (tertiary/aromatic N) is 2. The highest BCUT2D eigenvalue weighted by Crippen LogP contribution is 2.29. The van der Waals surface area contributed by atoms with Crippen LogP contribution >= 0.6 is 0 Å². The summed E-state index contributed by atoms with van der Waals surface area (Å²) in [6.07, 6.45) is 4.23. The van der Waals surface area contributed by atoms with Gasteiger partial charge in [-0.3, -0.25) is 13.9 Å². The molecule has 4 aromatic rings. The number of amides is 2. The largest absolute Gasteiger partial charge is 0.352 e. The van der Waals surface area contributed by atoms with E-state index in [1.165, 1.54) is 4.31 Å². The van der Waals surface area contributed by atoms with Gasteiger partial charge >= 0.3 is 0 Å². The zero-order chi connectivity index (χ0) is 33.6. The van der Waals surface area contributed by atoms with E-state index in [1.54, 1.807) is 35.2 Å². The Morgan fingerprint density at radius 2 is 1.36 bits per heavy atom. The molecule has 0 unspecified atom stereocenters. The number of aryl methyl sites for hydroxylation is 4. The highest BCUT2D eigenvalue weighted by molar-refractivity contribution is 7.92. The van der Waals surface area contributed by atoms with Crippen molar-refractivity contribution in [3.05, 3.63) is 130 Å². The molecule has 1 aliphatic rings. The van der Waals surface area contributed by atoms with Crippen LogP contribution < -0.4 is 9.62 Å². The molecule has 1 fully saturated rings. The molecule has 0 aromatic heterocycles. The summed E-state index contributed by atoms with van der Waals surface area (Å²) < 4.78 is 29.9. The normalized spacial score (nSPS) is 14.0. The number of nitrogens with one attached hydrogen (secondary N) is 1. The third kappa shape index (κ3) is 8.49. The van der Waals surface area contributed by atoms with Crippen LogP contribution in [0.25, 0.3) is 0 Å². The van der Waals surface area contributed by atoms with Crippen LogP contribution in [0.5, 0.6) is 0 Å². The van der Waals surface area contributed by atoms with Crippen molar-refractivity contribution in [1.29, 1.82) is 0 Å². The minimum atomic E-state index is -4.15. The van der Waals surface area contributed by atoms with Crippen molar-refractivity contribution < 1.29 is 18.0 Å². The van der Waals surface area contributed by atoms with Crippen molar-refractivity contribution in [2.45, 2.75) is 83.3 Å². The van der Waals surface area contributed by atoms with E-state index in [4.69, 9.17) is 0 Å². The fraction of sp³-hybridized carbons (Fsp3) is 0.333. The van der Waals surface area contributed by atoms with E-state index < -0.39 is 28.5 Å². The van der Waals surface area contributed by atoms with Gasteiger partial charge in [0.25, 0.3) is 10.0 Å². The van der Waals surface area contributed by atoms with Crippen molar-refractivity contribution in [3.8, 4) is 0 Å². The number of hydrogen-bond donors (Lipinski definition) is 1. The van der Waals surface area contributed by atoms with Gasteiger partial charge in [-0.05, 0) is 75.4 Å². The fourth-order valence-corrected chi connectivity index (χ4v) is 7.73. The van der Waals surface area contributed by atoms with Crippen molar-refractivity contribution >= 4 is 27.5 Å². The Morgan fingerprint density at radius 3 is 1.98 bits per heavy atom. The molecule has 7 nitrogen and oxygen atoms in total. The van der Waals surface area contributed by atoms with E-state index in [0.717, 1.165) is 59.1 Å². The molecular weight excluding hydrogens is 607 g/mol. The maximum atomic E-state index is 14.7. The summed E-state index contributed by atoms with van der Waals surface area (Å²) in [7, 11) is -4.15. The Labute approximate surface area is 279 Å². The number of carbonyl (C=O) groups excluding carboxylic acids is 2. The lowest BCUT2D eigenvalue weighted by Crippen LogP contribution is -2.54. The first kappa shape index (κ1) is 33.9. The maximum absolute atomic E-state index is 14.7. The first-order chi connectivity index (χ1) is 22.5. The summed E-state index contributed by atoms with van der Waals surface area (Å²) in [6.45, 7) is 7.38. The van der Waals surface area contributed by atoms with Gasteiger partial charge in [0.2, 0.25) is 11.8 Å². The molecule has 0 saturated heterocycles. The second-order valence-corrected chi connectivity index (χ2v) is 14.7. The molecule has 1 N–H and O–H groups in total. The topological polar surface area (TPSA) is 86.8 Å². The van der Waals surface area contributed by atoms with Crippen LogP contribution in [0.1, 0.15) is 59.1 Å². The monoisotopic (exact) mass is 651 g/mol. The van der Waals surface area contributed by atoms with E-state index >= 15 is 0 Å². The van der Waals surface area contributed by atoms with Gasteiger partial charge in [-0.25, -0.2) is 8.42 Å². The standard InChI is InChI=1S/C39H45N3O4S/c1-28-14-19-33(20-15-28)26-41(37(25-32-10-6-5-7-11-32)39(44)40-34-12-8-9-13-34)38(43)27-42(36-23-18-30(3)24-31(36)4)47(45,46)35-21-16-29(2)17-22-35/h5-7,10-11,14-24,34,37H,8-9,12-13,25-27H2,1-4H3,(H,40,44)/t37-/m1/s1. The van der Waals surface area contributed by atoms with Crippen molar-refractivity contribution in [1.82, 2.24) is 10.2 Å². The van der Waals surface area contributed by atoms with Gasteiger partial charge in [-0.15, -0.1) is 0 Å². The lowest BCUT2D eigenvalue weighted by Gasteiger charge is -2.34. The second-order valence-electron chi connectivity index (χ2n) is 12.8. The van der Waals surface area contributed by atoms with Crippen LogP contribution in [0.4, 0.5) is 5.69 Å². The van der Waals surface area contributed by atoms with Gasteiger partial charge in [0, 0.05) is 19.0 Å². The molecule has 1 aliphatic carbocycles. The van der Waals surface area contributed by atoms with Gasteiger partial charge in [0.15, 0.2) is 0 Å². The molecule has 246 valence electrons. The number of carbonyl (C=O) groups is 2. The minimum absolute atomic E-state index is 0.0609. The summed E-state index contributed by atoms with van der Waals surface area (Å²) in [4.78, 5) is 30.5. The maximum Gasteiger partial charge on any atom is 0.264 e. The Morgan fingerprint density at radius 1 is 0.766 bits per heavy atom. The molecule has 0 aliphatic heterocycles. The second kappa shape index (κ2) is 15.0. The predicted molar refractivity (Wildman–Crippen MR) is 188 cm³/mol. The highest BCUT2D eigenvalue weighted by Gasteiger charge is 2.36. The molecule has 47 heavy (non-hydrogen) atoms. The van der Waals surface area contributed by atoms with Crippen LogP contribution in [0.15, 0.2) is 102 Å². The van der Waals surface area contributed by atoms with Crippen LogP contribution in [0, 0.1) is 27.7 Å². The summed E-state index contributed by atoms with van der Waals surface area (Å²) in [5, 5.41) is 3.23. The Kier molecular flexibility index (Phi) is 10.8. The Bertz CT molecular complexity index is 1780. The van der Waals surface area contributed by atoms with Gasteiger partial charge < -0.3 is 10.2 Å². The van der Waals surface area contributed by atoms with Gasteiger partial charge in [0.1, 0.15) is 12.6 Å². The summed E-state index contributed by atoms with van der Waals surface area (Å²) >= 11 is 0. The third-order valence-corrected chi connectivity index (χ3v) is 10.7. The van der Waals surface area contributed by atoms with Crippen molar-refractivity contribution in [2.24, 2.45) is 0 Å². The van der Waals surface area contributed by atoms with Crippen LogP contribution in [-0.4, -0.2) is 43.8 Å². The van der Waals surface area contributed by atoms with Crippen LogP contribution in [0.2, 0.25) is 0 Å².